The second kappa shape index (κ2) is 5.87. The average Bonchev–Trinajstić information content (AvgIpc) is 2.44. The molecule has 0 aliphatic heterocycles. The predicted molar refractivity (Wildman–Crippen MR) is 86.2 cm³/mol. The molecule has 126 valence electrons. The molecule has 0 bridgehead atoms. The highest BCUT2D eigenvalue weighted by atomic mass is 19.1. The first kappa shape index (κ1) is 16.4. The monoisotopic (exact) mass is 320 g/mol. The van der Waals surface area contributed by atoms with E-state index < -0.39 is 17.1 Å². The van der Waals surface area contributed by atoms with Crippen LogP contribution in [0.1, 0.15) is 44.6 Å². The quantitative estimate of drug-likeness (QED) is 0.775. The lowest BCUT2D eigenvalue weighted by atomic mass is 9.44. The first-order valence-electron chi connectivity index (χ1n) is 8.40. The minimum Gasteiger partial charge on any atom is -0.392 e. The summed E-state index contributed by atoms with van der Waals surface area (Å²) in [4.78, 5) is 12.6. The summed E-state index contributed by atoms with van der Waals surface area (Å²) in [5.74, 6) is -0.389. The van der Waals surface area contributed by atoms with Crippen LogP contribution in [0.4, 0.5) is 4.39 Å². The number of carbonyl (C=O) groups is 1. The largest absolute Gasteiger partial charge is 0.392 e. The van der Waals surface area contributed by atoms with Gasteiger partial charge in [-0.1, -0.05) is 24.6 Å². The Kier molecular flexibility index (Phi) is 4.19. The van der Waals surface area contributed by atoms with Crippen LogP contribution in [-0.4, -0.2) is 28.7 Å². The lowest BCUT2D eigenvalue weighted by Crippen LogP contribution is -2.79. The lowest BCUT2D eigenvalue weighted by molar-refractivity contribution is -0.193. The molecule has 1 spiro atoms. The molecule has 0 saturated heterocycles. The number of benzene rings is 1. The fourth-order valence-electron chi connectivity index (χ4n) is 4.02. The van der Waals surface area contributed by atoms with Crippen molar-refractivity contribution in [2.24, 2.45) is 11.1 Å². The molecule has 5 heteroatoms. The minimum atomic E-state index is -0.947. The summed E-state index contributed by atoms with van der Waals surface area (Å²) in [6.07, 6.45) is 3.76. The number of hydrogen-bond acceptors (Lipinski definition) is 3. The SMILES string of the molecule is CC(CCc1ccccc1F)NC(=O)[C@@]1(N)C[C@H](O)C12CCC2. The van der Waals surface area contributed by atoms with Crippen molar-refractivity contribution in [2.45, 2.75) is 63.1 Å². The van der Waals surface area contributed by atoms with Crippen LogP contribution < -0.4 is 11.1 Å². The van der Waals surface area contributed by atoms with Gasteiger partial charge in [-0.05, 0) is 44.2 Å². The zero-order chi connectivity index (χ0) is 16.7. The summed E-state index contributed by atoms with van der Waals surface area (Å²) in [6.45, 7) is 1.91. The summed E-state index contributed by atoms with van der Waals surface area (Å²) in [6, 6.07) is 6.61. The third-order valence-corrected chi connectivity index (χ3v) is 5.87. The molecule has 2 fully saturated rings. The van der Waals surface area contributed by atoms with E-state index >= 15 is 0 Å². The predicted octanol–water partition coefficient (Wildman–Crippen LogP) is 1.90. The molecule has 1 unspecified atom stereocenters. The molecule has 4 nitrogen and oxygen atoms in total. The summed E-state index contributed by atoms with van der Waals surface area (Å²) >= 11 is 0. The van der Waals surface area contributed by atoms with Crippen molar-refractivity contribution in [3.8, 4) is 0 Å². The molecule has 2 aliphatic carbocycles. The molecule has 1 amide bonds. The van der Waals surface area contributed by atoms with Crippen LogP contribution in [0.25, 0.3) is 0 Å². The number of carbonyl (C=O) groups excluding carboxylic acids is 1. The van der Waals surface area contributed by atoms with Gasteiger partial charge in [-0.25, -0.2) is 4.39 Å². The molecule has 3 rings (SSSR count). The topological polar surface area (TPSA) is 75.4 Å². The molecular formula is C18H25FN2O2. The second-order valence-electron chi connectivity index (χ2n) is 7.21. The Morgan fingerprint density at radius 1 is 1.48 bits per heavy atom. The van der Waals surface area contributed by atoms with E-state index in [2.05, 4.69) is 5.32 Å². The third kappa shape index (κ3) is 2.56. The molecule has 2 saturated carbocycles. The smallest absolute Gasteiger partial charge is 0.241 e. The molecule has 0 radical (unpaired) electrons. The summed E-state index contributed by atoms with van der Waals surface area (Å²) in [5.41, 5.74) is 5.62. The van der Waals surface area contributed by atoms with Gasteiger partial charge in [0.1, 0.15) is 11.4 Å². The standard InChI is InChI=1S/C18H25FN2O2/c1-12(7-8-13-5-2-3-6-14(13)19)21-16(23)18(20)11-15(22)17(18)9-4-10-17/h2-3,5-6,12,15,22H,4,7-11,20H2,1H3,(H,21,23)/t12?,15-,18-/m0/s1. The Hall–Kier alpha value is -1.46. The maximum Gasteiger partial charge on any atom is 0.241 e. The van der Waals surface area contributed by atoms with Gasteiger partial charge >= 0.3 is 0 Å². The molecule has 2 aliphatic rings. The number of rotatable bonds is 5. The van der Waals surface area contributed by atoms with Crippen molar-refractivity contribution >= 4 is 5.91 Å². The summed E-state index contributed by atoms with van der Waals surface area (Å²) < 4.78 is 13.6. The highest BCUT2D eigenvalue weighted by molar-refractivity contribution is 5.89. The molecule has 1 aromatic carbocycles. The number of hydrogen-bond donors (Lipinski definition) is 3. The van der Waals surface area contributed by atoms with Crippen molar-refractivity contribution in [2.75, 3.05) is 0 Å². The van der Waals surface area contributed by atoms with E-state index in [1.165, 1.54) is 6.07 Å². The molecular weight excluding hydrogens is 295 g/mol. The van der Waals surface area contributed by atoms with E-state index in [-0.39, 0.29) is 17.8 Å². The Morgan fingerprint density at radius 3 is 2.74 bits per heavy atom. The van der Waals surface area contributed by atoms with Crippen molar-refractivity contribution < 1.29 is 14.3 Å². The number of aliphatic hydroxyl groups excluding tert-OH is 1. The van der Waals surface area contributed by atoms with Gasteiger partial charge in [-0.3, -0.25) is 4.79 Å². The van der Waals surface area contributed by atoms with Crippen LogP contribution in [0.3, 0.4) is 0 Å². The van der Waals surface area contributed by atoms with Gasteiger partial charge in [0.05, 0.1) is 6.10 Å². The zero-order valence-corrected chi connectivity index (χ0v) is 13.5. The van der Waals surface area contributed by atoms with Crippen LogP contribution in [0, 0.1) is 11.2 Å². The van der Waals surface area contributed by atoms with Crippen LogP contribution in [0.15, 0.2) is 24.3 Å². The van der Waals surface area contributed by atoms with Gasteiger partial charge in [-0.2, -0.15) is 0 Å². The first-order chi connectivity index (χ1) is 10.9. The van der Waals surface area contributed by atoms with E-state index in [1.54, 1.807) is 12.1 Å². The Labute approximate surface area is 136 Å². The minimum absolute atomic E-state index is 0.0857. The van der Waals surface area contributed by atoms with Crippen molar-refractivity contribution in [1.29, 1.82) is 0 Å². The molecule has 3 atom stereocenters. The van der Waals surface area contributed by atoms with Crippen LogP contribution in [-0.2, 0) is 11.2 Å². The maximum absolute atomic E-state index is 13.6. The number of halogens is 1. The van der Waals surface area contributed by atoms with Gasteiger partial charge in [0, 0.05) is 17.9 Å². The fourth-order valence-corrected chi connectivity index (χ4v) is 4.02. The number of amides is 1. The van der Waals surface area contributed by atoms with E-state index in [4.69, 9.17) is 5.73 Å². The average molecular weight is 320 g/mol. The van der Waals surface area contributed by atoms with Crippen molar-refractivity contribution in [3.05, 3.63) is 35.6 Å². The number of nitrogens with two attached hydrogens (primary N) is 1. The van der Waals surface area contributed by atoms with Gasteiger partial charge in [0.15, 0.2) is 0 Å². The lowest BCUT2D eigenvalue weighted by Gasteiger charge is -2.64. The fraction of sp³-hybridized carbons (Fsp3) is 0.611. The summed E-state index contributed by atoms with van der Waals surface area (Å²) in [5, 5.41) is 13.0. The van der Waals surface area contributed by atoms with Crippen LogP contribution in [0.5, 0.6) is 0 Å². The molecule has 0 heterocycles. The van der Waals surface area contributed by atoms with Crippen LogP contribution in [0.2, 0.25) is 0 Å². The molecule has 0 aromatic heterocycles. The van der Waals surface area contributed by atoms with Gasteiger partial charge < -0.3 is 16.2 Å². The van der Waals surface area contributed by atoms with Crippen LogP contribution >= 0.6 is 0 Å². The van der Waals surface area contributed by atoms with Crippen molar-refractivity contribution in [3.63, 3.8) is 0 Å². The van der Waals surface area contributed by atoms with E-state index in [0.29, 0.717) is 24.8 Å². The highest BCUT2D eigenvalue weighted by Crippen LogP contribution is 2.60. The van der Waals surface area contributed by atoms with E-state index in [9.17, 15) is 14.3 Å². The molecule has 4 N–H and O–H groups in total. The number of nitrogens with one attached hydrogen (secondary N) is 1. The van der Waals surface area contributed by atoms with Gasteiger partial charge in [0.2, 0.25) is 5.91 Å². The Morgan fingerprint density at radius 2 is 2.17 bits per heavy atom. The number of aryl methyl sites for hydroxylation is 1. The maximum atomic E-state index is 13.6. The third-order valence-electron chi connectivity index (χ3n) is 5.87. The van der Waals surface area contributed by atoms with Gasteiger partial charge in [-0.15, -0.1) is 0 Å². The number of aliphatic hydroxyl groups is 1. The Balaban J connectivity index is 1.55. The summed E-state index contributed by atoms with van der Waals surface area (Å²) in [7, 11) is 0. The normalized spacial score (nSPS) is 29.5. The molecule has 23 heavy (non-hydrogen) atoms. The van der Waals surface area contributed by atoms with E-state index in [1.807, 2.05) is 13.0 Å². The Bertz CT molecular complexity index is 602. The van der Waals surface area contributed by atoms with Crippen molar-refractivity contribution in [1.82, 2.24) is 5.32 Å². The second-order valence-corrected chi connectivity index (χ2v) is 7.21. The molecule has 1 aromatic rings. The van der Waals surface area contributed by atoms with Gasteiger partial charge in [0.25, 0.3) is 0 Å². The zero-order valence-electron chi connectivity index (χ0n) is 13.5. The highest BCUT2D eigenvalue weighted by Gasteiger charge is 2.69. The first-order valence-corrected chi connectivity index (χ1v) is 8.40. The van der Waals surface area contributed by atoms with E-state index in [0.717, 1.165) is 19.3 Å².